The Kier molecular flexibility index (Phi) is 5.89. The fourth-order valence-electron chi connectivity index (χ4n) is 3.23. The highest BCUT2D eigenvalue weighted by molar-refractivity contribution is 5.70. The number of likely N-dealkylation sites (tertiary alicyclic amines) is 1. The summed E-state index contributed by atoms with van der Waals surface area (Å²) in [6.45, 7) is 5.49. The molecule has 1 aliphatic rings. The molecule has 1 saturated heterocycles. The monoisotopic (exact) mass is 325 g/mol. The third-order valence-corrected chi connectivity index (χ3v) is 4.75. The lowest BCUT2D eigenvalue weighted by Crippen LogP contribution is -2.40. The Morgan fingerprint density at radius 3 is 2.46 bits per heavy atom. The number of hydrogen-bond acceptors (Lipinski definition) is 3. The van der Waals surface area contributed by atoms with Gasteiger partial charge in [0.25, 0.3) is 0 Å². The first-order chi connectivity index (χ1) is 11.7. The number of para-hydroxylation sites is 1. The van der Waals surface area contributed by atoms with E-state index < -0.39 is 6.10 Å². The lowest BCUT2D eigenvalue weighted by Gasteiger charge is -2.31. The predicted octanol–water partition coefficient (Wildman–Crippen LogP) is 3.83. The molecule has 1 heterocycles. The standard InChI is InChI=1S/C21H27NO2/c1-17-11-13-22(14-12-17)15-19(23)16-24-21-10-6-5-9-20(21)18-7-3-2-4-8-18/h2-10,17,19,23H,11-16H2,1H3. The van der Waals surface area contributed by atoms with Gasteiger partial charge in [0.15, 0.2) is 0 Å². The van der Waals surface area contributed by atoms with Gasteiger partial charge in [-0.25, -0.2) is 0 Å². The summed E-state index contributed by atoms with van der Waals surface area (Å²) in [4.78, 5) is 2.34. The summed E-state index contributed by atoms with van der Waals surface area (Å²) in [7, 11) is 0. The zero-order valence-corrected chi connectivity index (χ0v) is 14.4. The van der Waals surface area contributed by atoms with E-state index in [2.05, 4.69) is 30.0 Å². The number of benzene rings is 2. The minimum absolute atomic E-state index is 0.329. The van der Waals surface area contributed by atoms with Gasteiger partial charge in [-0.05, 0) is 43.5 Å². The Morgan fingerprint density at radius 1 is 1.04 bits per heavy atom. The van der Waals surface area contributed by atoms with Gasteiger partial charge in [-0.15, -0.1) is 0 Å². The molecule has 1 atom stereocenters. The van der Waals surface area contributed by atoms with E-state index in [-0.39, 0.29) is 0 Å². The normalized spacial score (nSPS) is 17.6. The molecule has 0 saturated carbocycles. The first-order valence-corrected chi connectivity index (χ1v) is 8.90. The lowest BCUT2D eigenvalue weighted by atomic mass is 9.99. The van der Waals surface area contributed by atoms with Crippen LogP contribution in [0.5, 0.6) is 5.75 Å². The summed E-state index contributed by atoms with van der Waals surface area (Å²) in [5.41, 5.74) is 2.20. The maximum Gasteiger partial charge on any atom is 0.127 e. The summed E-state index contributed by atoms with van der Waals surface area (Å²) >= 11 is 0. The maximum absolute atomic E-state index is 10.3. The quantitative estimate of drug-likeness (QED) is 0.876. The highest BCUT2D eigenvalue weighted by Crippen LogP contribution is 2.29. The van der Waals surface area contributed by atoms with Crippen molar-refractivity contribution in [2.75, 3.05) is 26.2 Å². The minimum Gasteiger partial charge on any atom is -0.490 e. The Balaban J connectivity index is 1.57. The first kappa shape index (κ1) is 17.0. The number of ether oxygens (including phenoxy) is 1. The van der Waals surface area contributed by atoms with E-state index in [0.717, 1.165) is 35.9 Å². The van der Waals surface area contributed by atoms with Crippen molar-refractivity contribution < 1.29 is 9.84 Å². The summed E-state index contributed by atoms with van der Waals surface area (Å²) in [6, 6.07) is 18.2. The summed E-state index contributed by atoms with van der Waals surface area (Å²) in [5, 5.41) is 10.3. The van der Waals surface area contributed by atoms with Gasteiger partial charge < -0.3 is 14.7 Å². The molecule has 24 heavy (non-hydrogen) atoms. The van der Waals surface area contributed by atoms with Gasteiger partial charge in [0, 0.05) is 12.1 Å². The molecule has 3 rings (SSSR count). The molecule has 128 valence electrons. The third-order valence-electron chi connectivity index (χ3n) is 4.75. The number of aliphatic hydroxyl groups excluding tert-OH is 1. The zero-order chi connectivity index (χ0) is 16.8. The van der Waals surface area contributed by atoms with E-state index in [1.165, 1.54) is 12.8 Å². The molecule has 2 aromatic carbocycles. The second-order valence-electron chi connectivity index (χ2n) is 6.81. The summed E-state index contributed by atoms with van der Waals surface area (Å²) < 4.78 is 5.94. The van der Waals surface area contributed by atoms with Crippen LogP contribution >= 0.6 is 0 Å². The van der Waals surface area contributed by atoms with Crippen LogP contribution in [-0.2, 0) is 0 Å². The van der Waals surface area contributed by atoms with Crippen molar-refractivity contribution in [1.82, 2.24) is 4.90 Å². The van der Waals surface area contributed by atoms with Gasteiger partial charge in [-0.1, -0.05) is 55.5 Å². The Bertz CT molecular complexity index is 621. The number of aliphatic hydroxyl groups is 1. The van der Waals surface area contributed by atoms with Crippen LogP contribution in [0.25, 0.3) is 11.1 Å². The van der Waals surface area contributed by atoms with E-state index in [1.807, 2.05) is 36.4 Å². The molecule has 0 amide bonds. The molecule has 3 nitrogen and oxygen atoms in total. The van der Waals surface area contributed by atoms with Crippen LogP contribution in [0.2, 0.25) is 0 Å². The molecule has 0 aromatic heterocycles. The van der Waals surface area contributed by atoms with Crippen molar-refractivity contribution in [1.29, 1.82) is 0 Å². The van der Waals surface area contributed by atoms with E-state index in [9.17, 15) is 5.11 Å². The molecule has 3 heteroatoms. The molecule has 0 aliphatic carbocycles. The number of β-amino-alcohol motifs (C(OH)–C–C–N with tert-alkyl or cyclic N) is 1. The largest absolute Gasteiger partial charge is 0.490 e. The van der Waals surface area contributed by atoms with E-state index >= 15 is 0 Å². The zero-order valence-electron chi connectivity index (χ0n) is 14.4. The van der Waals surface area contributed by atoms with Gasteiger partial charge in [0.05, 0.1) is 0 Å². The van der Waals surface area contributed by atoms with E-state index in [0.29, 0.717) is 13.2 Å². The van der Waals surface area contributed by atoms with Crippen LogP contribution < -0.4 is 4.74 Å². The van der Waals surface area contributed by atoms with Crippen LogP contribution in [0.3, 0.4) is 0 Å². The molecule has 1 N–H and O–H groups in total. The van der Waals surface area contributed by atoms with Crippen LogP contribution in [-0.4, -0.2) is 42.4 Å². The second-order valence-corrected chi connectivity index (χ2v) is 6.81. The van der Waals surface area contributed by atoms with Crippen molar-refractivity contribution in [2.45, 2.75) is 25.9 Å². The first-order valence-electron chi connectivity index (χ1n) is 8.90. The van der Waals surface area contributed by atoms with Crippen LogP contribution in [0.4, 0.5) is 0 Å². The van der Waals surface area contributed by atoms with Gasteiger partial charge in [-0.2, -0.15) is 0 Å². The van der Waals surface area contributed by atoms with Gasteiger partial charge >= 0.3 is 0 Å². The molecular formula is C21H27NO2. The van der Waals surface area contributed by atoms with Crippen molar-refractivity contribution in [2.24, 2.45) is 5.92 Å². The molecule has 0 spiro atoms. The third kappa shape index (κ3) is 4.59. The van der Waals surface area contributed by atoms with Crippen molar-refractivity contribution in [3.63, 3.8) is 0 Å². The highest BCUT2D eigenvalue weighted by Gasteiger charge is 2.18. The van der Waals surface area contributed by atoms with Crippen LogP contribution in [0.15, 0.2) is 54.6 Å². The maximum atomic E-state index is 10.3. The second kappa shape index (κ2) is 8.32. The van der Waals surface area contributed by atoms with E-state index in [1.54, 1.807) is 0 Å². The fourth-order valence-corrected chi connectivity index (χ4v) is 3.23. The SMILES string of the molecule is CC1CCN(CC(O)COc2ccccc2-c2ccccc2)CC1. The Hall–Kier alpha value is -1.84. The average Bonchev–Trinajstić information content (AvgIpc) is 2.63. The molecule has 1 fully saturated rings. The van der Waals surface area contributed by atoms with Crippen molar-refractivity contribution in [3.8, 4) is 16.9 Å². The number of rotatable bonds is 6. The molecule has 0 bridgehead atoms. The molecule has 2 aromatic rings. The molecule has 1 aliphatic heterocycles. The van der Waals surface area contributed by atoms with Gasteiger partial charge in [-0.3, -0.25) is 0 Å². The topological polar surface area (TPSA) is 32.7 Å². The highest BCUT2D eigenvalue weighted by atomic mass is 16.5. The Morgan fingerprint density at radius 2 is 1.71 bits per heavy atom. The molecular weight excluding hydrogens is 298 g/mol. The molecule has 0 radical (unpaired) electrons. The smallest absolute Gasteiger partial charge is 0.127 e. The molecule has 1 unspecified atom stereocenters. The summed E-state index contributed by atoms with van der Waals surface area (Å²) in [6.07, 6.45) is 2.00. The van der Waals surface area contributed by atoms with Crippen molar-refractivity contribution >= 4 is 0 Å². The minimum atomic E-state index is -0.456. The number of hydrogen-bond donors (Lipinski definition) is 1. The van der Waals surface area contributed by atoms with Gasteiger partial charge in [0.2, 0.25) is 0 Å². The fraction of sp³-hybridized carbons (Fsp3) is 0.429. The predicted molar refractivity (Wildman–Crippen MR) is 98.2 cm³/mol. The average molecular weight is 325 g/mol. The van der Waals surface area contributed by atoms with Crippen LogP contribution in [0.1, 0.15) is 19.8 Å². The van der Waals surface area contributed by atoms with Crippen molar-refractivity contribution in [3.05, 3.63) is 54.6 Å². The Labute approximate surface area is 144 Å². The number of piperidine rings is 1. The van der Waals surface area contributed by atoms with Gasteiger partial charge in [0.1, 0.15) is 18.5 Å². The lowest BCUT2D eigenvalue weighted by molar-refractivity contribution is 0.0565. The van der Waals surface area contributed by atoms with E-state index in [4.69, 9.17) is 4.74 Å². The number of nitrogens with zero attached hydrogens (tertiary/aromatic N) is 1. The van der Waals surface area contributed by atoms with Crippen LogP contribution in [0, 0.1) is 5.92 Å². The summed E-state index contributed by atoms with van der Waals surface area (Å²) in [5.74, 6) is 1.64.